The minimum absolute atomic E-state index is 0.155. The predicted octanol–water partition coefficient (Wildman–Crippen LogP) is 3.32. The molecule has 112 valence electrons. The normalized spacial score (nSPS) is 31.5. The van der Waals surface area contributed by atoms with E-state index in [2.05, 4.69) is 26.1 Å². The van der Waals surface area contributed by atoms with Crippen molar-refractivity contribution >= 4 is 0 Å². The summed E-state index contributed by atoms with van der Waals surface area (Å²) in [6, 6.07) is 5.36. The van der Waals surface area contributed by atoms with Crippen LogP contribution in [0.25, 0.3) is 0 Å². The van der Waals surface area contributed by atoms with E-state index in [9.17, 15) is 4.39 Å². The van der Waals surface area contributed by atoms with Crippen LogP contribution in [0.2, 0.25) is 0 Å². The van der Waals surface area contributed by atoms with Crippen molar-refractivity contribution in [2.45, 2.75) is 52.4 Å². The van der Waals surface area contributed by atoms with Crippen molar-refractivity contribution in [2.24, 2.45) is 11.8 Å². The van der Waals surface area contributed by atoms with Gasteiger partial charge in [-0.1, -0.05) is 13.0 Å². The van der Waals surface area contributed by atoms with Gasteiger partial charge in [0, 0.05) is 12.0 Å². The fourth-order valence-corrected chi connectivity index (χ4v) is 3.51. The largest absolute Gasteiger partial charge is 0.375 e. The zero-order valence-corrected chi connectivity index (χ0v) is 13.1. The van der Waals surface area contributed by atoms with Crippen LogP contribution in [-0.4, -0.2) is 25.3 Å². The smallest absolute Gasteiger partial charge is 0.123 e. The zero-order chi connectivity index (χ0) is 14.9. The maximum absolute atomic E-state index is 13.4. The molecular weight excluding hydrogens is 253 g/mol. The molecule has 1 aromatic rings. The Morgan fingerprint density at radius 3 is 2.50 bits per heavy atom. The molecule has 1 heterocycles. The van der Waals surface area contributed by atoms with Crippen LogP contribution in [0, 0.1) is 24.6 Å². The van der Waals surface area contributed by atoms with Gasteiger partial charge >= 0.3 is 0 Å². The van der Waals surface area contributed by atoms with Gasteiger partial charge in [-0.05, 0) is 63.4 Å². The minimum Gasteiger partial charge on any atom is -0.375 e. The number of benzene rings is 1. The second-order valence-electron chi connectivity index (χ2n) is 6.15. The van der Waals surface area contributed by atoms with Crippen LogP contribution in [0.3, 0.4) is 0 Å². The first-order valence-corrected chi connectivity index (χ1v) is 7.51. The molecule has 0 saturated carbocycles. The molecule has 0 amide bonds. The molecule has 0 aromatic heterocycles. The second kappa shape index (κ2) is 6.23. The highest BCUT2D eigenvalue weighted by molar-refractivity contribution is 5.27. The Morgan fingerprint density at radius 1 is 1.25 bits per heavy atom. The molecule has 0 spiro atoms. The molecule has 1 aliphatic heterocycles. The summed E-state index contributed by atoms with van der Waals surface area (Å²) in [6.45, 7) is 8.58. The Hall–Kier alpha value is -0.930. The summed E-state index contributed by atoms with van der Waals surface area (Å²) >= 11 is 0. The number of nitrogens with one attached hydrogen (secondary N) is 1. The van der Waals surface area contributed by atoms with E-state index in [1.54, 1.807) is 6.07 Å². The molecule has 1 saturated heterocycles. The average molecular weight is 279 g/mol. The minimum atomic E-state index is -0.155. The van der Waals surface area contributed by atoms with Gasteiger partial charge in [0.2, 0.25) is 0 Å². The first-order chi connectivity index (χ1) is 9.43. The Balaban J connectivity index is 2.19. The lowest BCUT2D eigenvalue weighted by atomic mass is 9.80. The monoisotopic (exact) mass is 279 g/mol. The van der Waals surface area contributed by atoms with Gasteiger partial charge in [-0.25, -0.2) is 4.39 Å². The fraction of sp³-hybridized carbons (Fsp3) is 0.647. The van der Waals surface area contributed by atoms with Crippen molar-refractivity contribution in [1.82, 2.24) is 5.32 Å². The second-order valence-corrected chi connectivity index (χ2v) is 6.15. The van der Waals surface area contributed by atoms with Gasteiger partial charge in [0.15, 0.2) is 0 Å². The summed E-state index contributed by atoms with van der Waals surface area (Å²) < 4.78 is 19.4. The molecule has 0 bridgehead atoms. The molecule has 1 N–H and O–H groups in total. The number of rotatable bonds is 4. The van der Waals surface area contributed by atoms with Crippen molar-refractivity contribution in [3.8, 4) is 0 Å². The number of hydrogen-bond acceptors (Lipinski definition) is 2. The molecule has 3 heteroatoms. The summed E-state index contributed by atoms with van der Waals surface area (Å²) in [5.74, 6) is 0.812. The van der Waals surface area contributed by atoms with Gasteiger partial charge < -0.3 is 10.1 Å². The standard InChI is InChI=1S/C17H26FNO/c1-10-6-7-15(18)8-14(10)9-16(19-5)17-11(2)12(3)20-13(17)4/h6-8,11-13,16-17,19H,9H2,1-5H3. The van der Waals surface area contributed by atoms with Gasteiger partial charge in [-0.15, -0.1) is 0 Å². The van der Waals surface area contributed by atoms with E-state index in [0.29, 0.717) is 24.0 Å². The third kappa shape index (κ3) is 3.04. The van der Waals surface area contributed by atoms with Crippen molar-refractivity contribution in [3.05, 3.63) is 35.1 Å². The lowest BCUT2D eigenvalue weighted by molar-refractivity contribution is 0.0479. The van der Waals surface area contributed by atoms with E-state index < -0.39 is 0 Å². The van der Waals surface area contributed by atoms with E-state index in [1.807, 2.05) is 20.0 Å². The zero-order valence-electron chi connectivity index (χ0n) is 13.1. The van der Waals surface area contributed by atoms with Crippen LogP contribution in [0.1, 0.15) is 31.9 Å². The summed E-state index contributed by atoms with van der Waals surface area (Å²) in [6.07, 6.45) is 1.38. The average Bonchev–Trinajstić information content (AvgIpc) is 2.65. The quantitative estimate of drug-likeness (QED) is 0.913. The Bertz CT molecular complexity index is 462. The van der Waals surface area contributed by atoms with Crippen LogP contribution >= 0.6 is 0 Å². The van der Waals surface area contributed by atoms with Crippen LogP contribution in [0.5, 0.6) is 0 Å². The third-order valence-corrected chi connectivity index (χ3v) is 4.91. The van der Waals surface area contributed by atoms with Gasteiger partial charge in [0.25, 0.3) is 0 Å². The molecule has 1 aromatic carbocycles. The van der Waals surface area contributed by atoms with Crippen molar-refractivity contribution < 1.29 is 9.13 Å². The number of ether oxygens (including phenoxy) is 1. The van der Waals surface area contributed by atoms with E-state index in [0.717, 1.165) is 17.5 Å². The number of hydrogen-bond donors (Lipinski definition) is 1. The number of aryl methyl sites for hydroxylation is 1. The van der Waals surface area contributed by atoms with Crippen LogP contribution in [0.15, 0.2) is 18.2 Å². The lowest BCUT2D eigenvalue weighted by Gasteiger charge is -2.29. The highest BCUT2D eigenvalue weighted by Gasteiger charge is 2.41. The van der Waals surface area contributed by atoms with E-state index in [-0.39, 0.29) is 11.9 Å². The van der Waals surface area contributed by atoms with Crippen LogP contribution < -0.4 is 5.32 Å². The fourth-order valence-electron chi connectivity index (χ4n) is 3.51. The summed E-state index contributed by atoms with van der Waals surface area (Å²) in [7, 11) is 1.99. The van der Waals surface area contributed by atoms with Gasteiger partial charge in [0.05, 0.1) is 12.2 Å². The molecule has 0 aliphatic carbocycles. The predicted molar refractivity (Wildman–Crippen MR) is 80.4 cm³/mol. The highest BCUT2D eigenvalue weighted by atomic mass is 19.1. The molecular formula is C17H26FNO. The van der Waals surface area contributed by atoms with Gasteiger partial charge in [0.1, 0.15) is 5.82 Å². The molecule has 2 rings (SSSR count). The van der Waals surface area contributed by atoms with Crippen molar-refractivity contribution in [3.63, 3.8) is 0 Å². The first-order valence-electron chi connectivity index (χ1n) is 7.51. The molecule has 20 heavy (non-hydrogen) atoms. The topological polar surface area (TPSA) is 21.3 Å². The van der Waals surface area contributed by atoms with Crippen molar-refractivity contribution in [1.29, 1.82) is 0 Å². The molecule has 1 aliphatic rings. The Labute approximate surface area is 121 Å². The van der Waals surface area contributed by atoms with Crippen LogP contribution in [-0.2, 0) is 11.2 Å². The van der Waals surface area contributed by atoms with Gasteiger partial charge in [-0.3, -0.25) is 0 Å². The highest BCUT2D eigenvalue weighted by Crippen LogP contribution is 2.35. The van der Waals surface area contributed by atoms with E-state index in [4.69, 9.17) is 4.74 Å². The maximum atomic E-state index is 13.4. The first kappa shape index (κ1) is 15.5. The molecule has 1 fully saturated rings. The summed E-state index contributed by atoms with van der Waals surface area (Å²) in [5, 5.41) is 3.42. The van der Waals surface area contributed by atoms with Gasteiger partial charge in [-0.2, -0.15) is 0 Å². The maximum Gasteiger partial charge on any atom is 0.123 e. The number of halogens is 1. The van der Waals surface area contributed by atoms with E-state index >= 15 is 0 Å². The van der Waals surface area contributed by atoms with E-state index in [1.165, 1.54) is 6.07 Å². The molecule has 2 nitrogen and oxygen atoms in total. The number of likely N-dealkylation sites (N-methyl/N-ethyl adjacent to an activating group) is 1. The summed E-state index contributed by atoms with van der Waals surface area (Å²) in [4.78, 5) is 0. The molecule has 0 radical (unpaired) electrons. The molecule has 5 unspecified atom stereocenters. The van der Waals surface area contributed by atoms with Crippen molar-refractivity contribution in [2.75, 3.05) is 7.05 Å². The van der Waals surface area contributed by atoms with Crippen LogP contribution in [0.4, 0.5) is 4.39 Å². The lowest BCUT2D eigenvalue weighted by Crippen LogP contribution is -2.41. The summed E-state index contributed by atoms with van der Waals surface area (Å²) in [5.41, 5.74) is 2.24. The third-order valence-electron chi connectivity index (χ3n) is 4.91. The molecule has 5 atom stereocenters. The Morgan fingerprint density at radius 2 is 1.95 bits per heavy atom. The Kier molecular flexibility index (Phi) is 4.82. The SMILES string of the molecule is CNC(Cc1cc(F)ccc1C)C1C(C)OC(C)C1C.